The molecular weight excluding hydrogens is 650 g/mol. The summed E-state index contributed by atoms with van der Waals surface area (Å²) in [5.74, 6) is -0.456. The molecular formula is C20H24N10O13P2. The first-order valence-electron chi connectivity index (χ1n) is 13.0. The van der Waals surface area contributed by atoms with Gasteiger partial charge in [0.25, 0.3) is 11.1 Å². The smallest absolute Gasteiger partial charge is 0.386 e. The van der Waals surface area contributed by atoms with Crippen LogP contribution >= 0.6 is 15.6 Å². The van der Waals surface area contributed by atoms with E-state index < -0.39 is 83.0 Å². The topological polar surface area (TPSA) is 329 Å². The number of anilines is 2. The minimum Gasteiger partial charge on any atom is -0.386 e. The Hall–Kier alpha value is -3.60. The van der Waals surface area contributed by atoms with Gasteiger partial charge in [-0.3, -0.25) is 46.8 Å². The molecule has 0 spiro atoms. The molecule has 45 heavy (non-hydrogen) atoms. The van der Waals surface area contributed by atoms with Crippen molar-refractivity contribution in [3.05, 3.63) is 33.4 Å². The quantitative estimate of drug-likeness (QED) is 0.113. The van der Waals surface area contributed by atoms with Gasteiger partial charge in [0.1, 0.15) is 36.7 Å². The van der Waals surface area contributed by atoms with Crippen molar-refractivity contribution in [1.82, 2.24) is 39.0 Å². The van der Waals surface area contributed by atoms with Crippen molar-refractivity contribution in [2.24, 2.45) is 0 Å². The van der Waals surface area contributed by atoms with E-state index in [0.29, 0.717) is 0 Å². The number of phosphoric acid groups is 2. The Labute approximate surface area is 248 Å². The van der Waals surface area contributed by atoms with E-state index in [4.69, 9.17) is 39.0 Å². The summed E-state index contributed by atoms with van der Waals surface area (Å²) in [5, 5.41) is 11.1. The highest BCUT2D eigenvalue weighted by Crippen LogP contribution is 2.53. The number of phosphoric ester groups is 2. The third-order valence-electron chi connectivity index (χ3n) is 7.30. The first kappa shape index (κ1) is 30.1. The molecule has 9 N–H and O–H groups in total. The Morgan fingerprint density at radius 3 is 2.02 bits per heavy atom. The van der Waals surface area contributed by atoms with E-state index in [1.807, 2.05) is 0 Å². The maximum Gasteiger partial charge on any atom is 0.472 e. The Kier molecular flexibility index (Phi) is 7.18. The molecule has 4 aromatic heterocycles. The minimum atomic E-state index is -5.00. The summed E-state index contributed by atoms with van der Waals surface area (Å²) in [6.45, 7) is -1.48. The fraction of sp³-hybridized carbons (Fsp3) is 0.500. The van der Waals surface area contributed by atoms with Gasteiger partial charge in [0.2, 0.25) is 11.9 Å². The van der Waals surface area contributed by atoms with Gasteiger partial charge >= 0.3 is 15.6 Å². The number of fused-ring (bicyclic) bond motifs is 4. The Morgan fingerprint density at radius 2 is 1.38 bits per heavy atom. The molecule has 0 amide bonds. The molecule has 7 heterocycles. The molecule has 3 aliphatic heterocycles. The molecule has 3 saturated heterocycles. The molecule has 25 heteroatoms. The average molecular weight is 674 g/mol. The lowest BCUT2D eigenvalue weighted by Gasteiger charge is -2.27. The van der Waals surface area contributed by atoms with E-state index in [0.717, 1.165) is 10.9 Å². The monoisotopic (exact) mass is 674 g/mol. The highest BCUT2D eigenvalue weighted by atomic mass is 31.2. The number of nitrogens with two attached hydrogens (primary N) is 2. The second kappa shape index (κ2) is 10.7. The zero-order chi connectivity index (χ0) is 31.8. The number of hydrogen-bond acceptors (Lipinski definition) is 17. The lowest BCUT2D eigenvalue weighted by molar-refractivity contribution is -0.0662. The summed E-state index contributed by atoms with van der Waals surface area (Å²) < 4.78 is 61.2. The van der Waals surface area contributed by atoms with Crippen LogP contribution in [0.25, 0.3) is 22.3 Å². The Morgan fingerprint density at radius 1 is 0.822 bits per heavy atom. The van der Waals surface area contributed by atoms with E-state index in [1.54, 1.807) is 0 Å². The number of imidazole rings is 2. The summed E-state index contributed by atoms with van der Waals surface area (Å²) in [5.41, 5.74) is 9.75. The number of aliphatic hydroxyl groups excluding tert-OH is 1. The summed E-state index contributed by atoms with van der Waals surface area (Å²) >= 11 is 0. The van der Waals surface area contributed by atoms with Crippen LogP contribution in [-0.4, -0.2) is 97.7 Å². The molecule has 0 aromatic carbocycles. The Bertz CT molecular complexity index is 2010. The molecule has 9 atom stereocenters. The van der Waals surface area contributed by atoms with Crippen molar-refractivity contribution in [1.29, 1.82) is 0 Å². The van der Waals surface area contributed by atoms with E-state index in [-0.39, 0.29) is 40.6 Å². The summed E-state index contributed by atoms with van der Waals surface area (Å²) in [4.78, 5) is 66.2. The van der Waals surface area contributed by atoms with Crippen LogP contribution in [0.3, 0.4) is 0 Å². The van der Waals surface area contributed by atoms with E-state index in [1.165, 1.54) is 10.9 Å². The van der Waals surface area contributed by atoms with Crippen molar-refractivity contribution in [3.8, 4) is 0 Å². The third kappa shape index (κ3) is 5.47. The number of ether oxygens (including phenoxy) is 2. The van der Waals surface area contributed by atoms with Crippen LogP contribution in [0.1, 0.15) is 18.9 Å². The van der Waals surface area contributed by atoms with Gasteiger partial charge in [-0.25, -0.2) is 19.1 Å². The molecule has 0 radical (unpaired) electrons. The fourth-order valence-corrected chi connectivity index (χ4v) is 7.27. The number of aromatic nitrogens is 8. The standard InChI is InChI=1S/C20H24N10O13P2/c21-19-25-14-10(16(32)27-19)23-4-29(14)9-1-6-7(40-9)2-38-45(36,37)43-13-8(3-39-44(34,35)42-6)41-18(12(13)31)30-5-24-11-15(30)26-20(22)28-17(11)33/h4-9,12-13,18,31H,1-3H2,(H,34,35)(H,36,37)(H3,21,25,27,32)(H3,22,26,28,33)/t6-,7-,8-,9-,12+,13?,18-/m1/s1. The largest absolute Gasteiger partial charge is 0.472 e. The molecule has 3 unspecified atom stereocenters. The number of aliphatic hydroxyl groups is 1. The van der Waals surface area contributed by atoms with E-state index in [9.17, 15) is 33.6 Å². The predicted octanol–water partition coefficient (Wildman–Crippen LogP) is -2.02. The molecule has 4 aromatic rings. The van der Waals surface area contributed by atoms with Crippen molar-refractivity contribution in [3.63, 3.8) is 0 Å². The van der Waals surface area contributed by atoms with Crippen molar-refractivity contribution in [2.75, 3.05) is 24.7 Å². The average Bonchev–Trinajstić information content (AvgIpc) is 3.71. The van der Waals surface area contributed by atoms with Crippen molar-refractivity contribution in [2.45, 2.75) is 49.4 Å². The van der Waals surface area contributed by atoms with Crippen LogP contribution in [0.2, 0.25) is 0 Å². The highest BCUT2D eigenvalue weighted by Gasteiger charge is 2.52. The van der Waals surface area contributed by atoms with Crippen LogP contribution in [0.15, 0.2) is 22.2 Å². The molecule has 23 nitrogen and oxygen atoms in total. The predicted molar refractivity (Wildman–Crippen MR) is 145 cm³/mol. The number of hydrogen-bond donors (Lipinski definition) is 7. The van der Waals surface area contributed by atoms with Gasteiger partial charge < -0.3 is 35.8 Å². The first-order valence-corrected chi connectivity index (χ1v) is 16.0. The summed E-state index contributed by atoms with van der Waals surface area (Å²) in [7, 11) is -9.90. The lowest BCUT2D eigenvalue weighted by Crippen LogP contribution is -2.37. The zero-order valence-electron chi connectivity index (χ0n) is 22.5. The van der Waals surface area contributed by atoms with E-state index in [2.05, 4.69) is 29.9 Å². The van der Waals surface area contributed by atoms with Gasteiger partial charge in [-0.05, 0) is 0 Å². The number of rotatable bonds is 2. The van der Waals surface area contributed by atoms with Crippen molar-refractivity contribution >= 4 is 49.9 Å². The number of nitrogens with zero attached hydrogens (tertiary/aromatic N) is 6. The molecule has 0 bridgehead atoms. The number of nitrogen functional groups attached to an aromatic ring is 2. The second-order valence-electron chi connectivity index (χ2n) is 10.2. The number of H-pyrrole nitrogens is 2. The number of nitrogens with one attached hydrogen (secondary N) is 2. The maximum absolute atomic E-state index is 13.1. The third-order valence-corrected chi connectivity index (χ3v) is 9.30. The Balaban J connectivity index is 1.16. The van der Waals surface area contributed by atoms with Gasteiger partial charge in [-0.1, -0.05) is 0 Å². The van der Waals surface area contributed by atoms with Crippen LogP contribution in [0.4, 0.5) is 11.9 Å². The second-order valence-corrected chi connectivity index (χ2v) is 13.0. The van der Waals surface area contributed by atoms with Gasteiger partial charge in [0.15, 0.2) is 28.6 Å². The van der Waals surface area contributed by atoms with Crippen LogP contribution in [-0.2, 0) is 36.7 Å². The van der Waals surface area contributed by atoms with Crippen LogP contribution in [0, 0.1) is 0 Å². The fourth-order valence-electron chi connectivity index (χ4n) is 5.35. The molecule has 7 rings (SSSR count). The molecule has 3 fully saturated rings. The van der Waals surface area contributed by atoms with Gasteiger partial charge in [0.05, 0.1) is 25.9 Å². The number of aromatic amines is 2. The van der Waals surface area contributed by atoms with Gasteiger partial charge in [-0.15, -0.1) is 0 Å². The van der Waals surface area contributed by atoms with Gasteiger partial charge in [0, 0.05) is 6.42 Å². The maximum atomic E-state index is 13.1. The molecule has 242 valence electrons. The molecule has 0 saturated carbocycles. The summed E-state index contributed by atoms with van der Waals surface area (Å²) in [6.07, 6.45) is -7.63. The summed E-state index contributed by atoms with van der Waals surface area (Å²) in [6, 6.07) is 0. The van der Waals surface area contributed by atoms with E-state index >= 15 is 0 Å². The zero-order valence-corrected chi connectivity index (χ0v) is 24.3. The first-order chi connectivity index (χ1) is 21.3. The van der Waals surface area contributed by atoms with Crippen LogP contribution in [0.5, 0.6) is 0 Å². The molecule has 0 aliphatic carbocycles. The van der Waals surface area contributed by atoms with Crippen LogP contribution < -0.4 is 22.6 Å². The van der Waals surface area contributed by atoms with Gasteiger partial charge in [-0.2, -0.15) is 9.97 Å². The lowest BCUT2D eigenvalue weighted by atomic mass is 10.1. The van der Waals surface area contributed by atoms with Crippen molar-refractivity contribution < 1.29 is 51.6 Å². The minimum absolute atomic E-state index is 0.0424. The SMILES string of the molecule is Nc1nc2c(ncn2[C@@H]2O[C@@H]3COP(=O)(O)O[C@@H]4C[C@H](n5cnc6c(=O)[nH]c(N)nc65)O[C@@H]4COP(=O)(O)OC3[C@@H]2O)c(=O)[nH]1. The highest BCUT2D eigenvalue weighted by molar-refractivity contribution is 7.47. The normalized spacial score (nSPS) is 36.0. The molecule has 3 aliphatic rings.